The van der Waals surface area contributed by atoms with Gasteiger partial charge in [0.1, 0.15) is 0 Å². The van der Waals surface area contributed by atoms with Gasteiger partial charge in [0.15, 0.2) is 0 Å². The second kappa shape index (κ2) is 5.50. The second-order valence-electron chi connectivity index (χ2n) is 11.4. The Morgan fingerprint density at radius 2 is 1.58 bits per heavy atom. The molecular weight excluding hydrogens is 288 g/mol. The highest BCUT2D eigenvalue weighted by Crippen LogP contribution is 2.70. The van der Waals surface area contributed by atoms with Crippen LogP contribution in [0.25, 0.3) is 0 Å². The van der Waals surface area contributed by atoms with Crippen LogP contribution in [-0.4, -0.2) is 0 Å². The molecule has 5 rings (SSSR count). The van der Waals surface area contributed by atoms with Crippen LogP contribution >= 0.6 is 0 Å². The molecule has 0 N–H and O–H groups in total. The quantitative estimate of drug-likeness (QED) is 0.445. The Morgan fingerprint density at radius 1 is 0.708 bits per heavy atom. The molecule has 0 radical (unpaired) electrons. The SMILES string of the molecule is CC1CCC[C@@H]2CC3C4CCC5CCCCC5(C)C4CCC3(C)C12. The summed E-state index contributed by atoms with van der Waals surface area (Å²) in [6.45, 7) is 8.10. The summed E-state index contributed by atoms with van der Waals surface area (Å²) < 4.78 is 0. The van der Waals surface area contributed by atoms with Gasteiger partial charge in [-0.3, -0.25) is 0 Å². The monoisotopic (exact) mass is 328 g/mol. The Hall–Kier alpha value is 0. The molecule has 5 saturated carbocycles. The first-order chi connectivity index (χ1) is 11.5. The van der Waals surface area contributed by atoms with Gasteiger partial charge in [-0.1, -0.05) is 52.9 Å². The van der Waals surface area contributed by atoms with Gasteiger partial charge >= 0.3 is 0 Å². The van der Waals surface area contributed by atoms with Crippen LogP contribution in [0.5, 0.6) is 0 Å². The predicted octanol–water partition coefficient (Wildman–Crippen LogP) is 7.08. The molecule has 5 aliphatic rings. The van der Waals surface area contributed by atoms with Gasteiger partial charge in [-0.15, -0.1) is 0 Å². The van der Waals surface area contributed by atoms with E-state index in [1.165, 1.54) is 25.7 Å². The molecule has 0 aromatic carbocycles. The summed E-state index contributed by atoms with van der Waals surface area (Å²) >= 11 is 0. The lowest BCUT2D eigenvalue weighted by Crippen LogP contribution is -2.53. The van der Waals surface area contributed by atoms with E-state index in [0.717, 1.165) is 46.8 Å². The van der Waals surface area contributed by atoms with Crippen molar-refractivity contribution in [3.05, 3.63) is 0 Å². The van der Waals surface area contributed by atoms with Gasteiger partial charge in [0, 0.05) is 0 Å². The fourth-order valence-corrected chi connectivity index (χ4v) is 9.81. The highest BCUT2D eigenvalue weighted by Gasteiger charge is 2.62. The van der Waals surface area contributed by atoms with Crippen LogP contribution in [0.4, 0.5) is 0 Å². The second-order valence-corrected chi connectivity index (χ2v) is 11.4. The smallest absolute Gasteiger partial charge is 0.0261 e. The number of hydrogen-bond acceptors (Lipinski definition) is 0. The third-order valence-electron chi connectivity index (χ3n) is 10.7. The summed E-state index contributed by atoms with van der Waals surface area (Å²) in [6, 6.07) is 0. The summed E-state index contributed by atoms with van der Waals surface area (Å²) in [7, 11) is 0. The third-order valence-corrected chi connectivity index (χ3v) is 10.7. The Bertz CT molecular complexity index is 494. The first-order valence-corrected chi connectivity index (χ1v) is 11.5. The normalized spacial score (nSPS) is 59.9. The minimum atomic E-state index is 0.712. The van der Waals surface area contributed by atoms with Gasteiger partial charge in [0.25, 0.3) is 0 Å². The highest BCUT2D eigenvalue weighted by atomic mass is 14.7. The number of fused-ring (bicyclic) bond motifs is 7. The van der Waals surface area contributed by atoms with Crippen molar-refractivity contribution in [1.82, 2.24) is 0 Å². The Morgan fingerprint density at radius 3 is 2.46 bits per heavy atom. The van der Waals surface area contributed by atoms with Gasteiger partial charge in [-0.2, -0.15) is 0 Å². The maximum absolute atomic E-state index is 2.76. The molecule has 136 valence electrons. The molecule has 0 heterocycles. The molecule has 0 spiro atoms. The Kier molecular flexibility index (Phi) is 3.71. The molecule has 0 aromatic heterocycles. The van der Waals surface area contributed by atoms with Crippen LogP contribution in [-0.2, 0) is 0 Å². The largest absolute Gasteiger partial charge is 0.0622 e. The van der Waals surface area contributed by atoms with Gasteiger partial charge in [0.05, 0.1) is 0 Å². The summed E-state index contributed by atoms with van der Waals surface area (Å²) in [4.78, 5) is 0. The van der Waals surface area contributed by atoms with Crippen molar-refractivity contribution in [2.45, 2.75) is 97.8 Å². The minimum absolute atomic E-state index is 0.712. The first-order valence-electron chi connectivity index (χ1n) is 11.5. The molecule has 5 aliphatic carbocycles. The van der Waals surface area contributed by atoms with Gasteiger partial charge in [-0.05, 0) is 97.2 Å². The maximum atomic E-state index is 2.76. The molecule has 0 bridgehead atoms. The van der Waals surface area contributed by atoms with Crippen molar-refractivity contribution in [2.75, 3.05) is 0 Å². The van der Waals surface area contributed by atoms with Crippen molar-refractivity contribution in [3.63, 3.8) is 0 Å². The summed E-state index contributed by atoms with van der Waals surface area (Å²) in [5, 5.41) is 0. The topological polar surface area (TPSA) is 0 Å². The number of rotatable bonds is 0. The average molecular weight is 329 g/mol. The molecule has 5 fully saturated rings. The van der Waals surface area contributed by atoms with Crippen molar-refractivity contribution < 1.29 is 0 Å². The molecule has 0 aromatic rings. The fourth-order valence-electron chi connectivity index (χ4n) is 9.81. The standard InChI is InChI=1S/C24H40/c1-16-7-6-8-17-15-21-19-11-10-18-9-4-5-13-23(18,2)20(19)12-14-24(21,3)22(16)17/h16-22H,4-15H2,1-3H3/t16?,17-,18?,19?,20?,21?,22?,23?,24?/m1/s1. The van der Waals surface area contributed by atoms with Crippen molar-refractivity contribution in [2.24, 2.45) is 52.3 Å². The Labute approximate surface area is 150 Å². The van der Waals surface area contributed by atoms with Gasteiger partial charge < -0.3 is 0 Å². The van der Waals surface area contributed by atoms with Crippen LogP contribution in [0.1, 0.15) is 97.8 Å². The molecular formula is C24H40. The van der Waals surface area contributed by atoms with Crippen molar-refractivity contribution in [3.8, 4) is 0 Å². The van der Waals surface area contributed by atoms with Gasteiger partial charge in [0.2, 0.25) is 0 Å². The predicted molar refractivity (Wildman–Crippen MR) is 102 cm³/mol. The molecule has 0 heteroatoms. The molecule has 0 aliphatic heterocycles. The van der Waals surface area contributed by atoms with E-state index in [0.29, 0.717) is 5.41 Å². The van der Waals surface area contributed by atoms with Crippen LogP contribution < -0.4 is 0 Å². The van der Waals surface area contributed by atoms with E-state index >= 15 is 0 Å². The third kappa shape index (κ3) is 2.04. The number of hydrogen-bond donors (Lipinski definition) is 0. The van der Waals surface area contributed by atoms with E-state index in [-0.39, 0.29) is 0 Å². The summed E-state index contributed by atoms with van der Waals surface area (Å²) in [5.41, 5.74) is 1.44. The molecule has 24 heavy (non-hydrogen) atoms. The van der Waals surface area contributed by atoms with E-state index in [1.54, 1.807) is 51.4 Å². The lowest BCUT2D eigenvalue weighted by molar-refractivity contribution is -0.115. The zero-order valence-corrected chi connectivity index (χ0v) is 16.5. The lowest BCUT2D eigenvalue weighted by atomic mass is 9.44. The van der Waals surface area contributed by atoms with E-state index in [1.807, 2.05) is 0 Å². The van der Waals surface area contributed by atoms with Crippen molar-refractivity contribution in [1.29, 1.82) is 0 Å². The highest BCUT2D eigenvalue weighted by molar-refractivity contribution is 5.11. The molecule has 0 nitrogen and oxygen atoms in total. The van der Waals surface area contributed by atoms with Crippen molar-refractivity contribution >= 4 is 0 Å². The average Bonchev–Trinajstić information content (AvgIpc) is 2.88. The van der Waals surface area contributed by atoms with Gasteiger partial charge in [-0.25, -0.2) is 0 Å². The van der Waals surface area contributed by atoms with Crippen LogP contribution in [0.3, 0.4) is 0 Å². The van der Waals surface area contributed by atoms with Crippen LogP contribution in [0, 0.1) is 52.3 Å². The summed E-state index contributed by atoms with van der Waals surface area (Å²) in [6.07, 6.45) is 18.7. The van der Waals surface area contributed by atoms with E-state index in [4.69, 9.17) is 0 Å². The van der Waals surface area contributed by atoms with Crippen LogP contribution in [0.15, 0.2) is 0 Å². The zero-order chi connectivity index (χ0) is 16.5. The zero-order valence-electron chi connectivity index (χ0n) is 16.5. The van der Waals surface area contributed by atoms with Crippen LogP contribution in [0.2, 0.25) is 0 Å². The fraction of sp³-hybridized carbons (Fsp3) is 1.00. The molecule has 8 unspecified atom stereocenters. The molecule has 9 atom stereocenters. The summed E-state index contributed by atoms with van der Waals surface area (Å²) in [5.74, 6) is 7.54. The van der Waals surface area contributed by atoms with E-state index in [9.17, 15) is 0 Å². The Balaban J connectivity index is 1.47. The van der Waals surface area contributed by atoms with E-state index < -0.39 is 0 Å². The minimum Gasteiger partial charge on any atom is -0.0622 e. The molecule has 0 amide bonds. The molecule has 0 saturated heterocycles. The maximum Gasteiger partial charge on any atom is -0.0261 e. The first kappa shape index (κ1) is 16.2. The lowest BCUT2D eigenvalue weighted by Gasteiger charge is -2.61. The van der Waals surface area contributed by atoms with E-state index in [2.05, 4.69) is 20.8 Å².